The lowest BCUT2D eigenvalue weighted by Crippen LogP contribution is -2.28. The quantitative estimate of drug-likeness (QED) is 0.795. The van der Waals surface area contributed by atoms with Crippen LogP contribution >= 0.6 is 0 Å². The topological polar surface area (TPSA) is 42.7 Å². The van der Waals surface area contributed by atoms with Gasteiger partial charge < -0.3 is 5.32 Å². The Bertz CT molecular complexity index is 777. The third-order valence-electron chi connectivity index (χ3n) is 4.61. The minimum absolute atomic E-state index is 0.214. The van der Waals surface area contributed by atoms with E-state index < -0.39 is 0 Å². The summed E-state index contributed by atoms with van der Waals surface area (Å²) in [4.78, 5) is 4.38. The second-order valence-electron chi connectivity index (χ2n) is 5.98. The first-order valence-electron chi connectivity index (χ1n) is 8.15. The lowest BCUT2D eigenvalue weighted by atomic mass is 9.93. The van der Waals surface area contributed by atoms with E-state index in [1.165, 1.54) is 16.7 Å². The number of aryl methyl sites for hydroxylation is 1. The summed E-state index contributed by atoms with van der Waals surface area (Å²) >= 11 is 0. The number of fused-ring (bicyclic) bond motifs is 1. The molecule has 116 valence electrons. The fraction of sp³-hybridized carbons (Fsp3) is 0.263. The SMILES string of the molecule is CCc1ccc([C@@H]2C[C@H](c3ccccc3)n3ncnc3N2)cc1. The van der Waals surface area contributed by atoms with E-state index in [1.54, 1.807) is 6.33 Å². The van der Waals surface area contributed by atoms with E-state index in [9.17, 15) is 0 Å². The van der Waals surface area contributed by atoms with Crippen molar-refractivity contribution in [1.82, 2.24) is 14.8 Å². The summed E-state index contributed by atoms with van der Waals surface area (Å²) in [6, 6.07) is 19.9. The van der Waals surface area contributed by atoms with E-state index in [1.807, 2.05) is 10.7 Å². The normalized spacial score (nSPS) is 19.9. The van der Waals surface area contributed by atoms with Gasteiger partial charge in [0.05, 0.1) is 12.1 Å². The van der Waals surface area contributed by atoms with Crippen LogP contribution < -0.4 is 5.32 Å². The maximum Gasteiger partial charge on any atom is 0.222 e. The molecule has 1 aliphatic rings. The number of benzene rings is 2. The van der Waals surface area contributed by atoms with E-state index >= 15 is 0 Å². The van der Waals surface area contributed by atoms with Gasteiger partial charge in [-0.3, -0.25) is 0 Å². The van der Waals surface area contributed by atoms with Gasteiger partial charge in [0.25, 0.3) is 0 Å². The first-order chi connectivity index (χ1) is 11.3. The lowest BCUT2D eigenvalue weighted by molar-refractivity contribution is 0.431. The van der Waals surface area contributed by atoms with Crippen LogP contribution in [0.4, 0.5) is 5.95 Å². The molecule has 0 amide bonds. The highest BCUT2D eigenvalue weighted by molar-refractivity contribution is 5.38. The Morgan fingerprint density at radius 1 is 1.04 bits per heavy atom. The molecule has 1 aliphatic heterocycles. The molecule has 0 saturated carbocycles. The summed E-state index contributed by atoms with van der Waals surface area (Å²) < 4.78 is 1.99. The average Bonchev–Trinajstić information content (AvgIpc) is 3.10. The summed E-state index contributed by atoms with van der Waals surface area (Å²) in [7, 11) is 0. The summed E-state index contributed by atoms with van der Waals surface area (Å²) in [6.45, 7) is 2.18. The number of nitrogens with zero attached hydrogens (tertiary/aromatic N) is 3. The predicted molar refractivity (Wildman–Crippen MR) is 91.4 cm³/mol. The van der Waals surface area contributed by atoms with Gasteiger partial charge in [-0.1, -0.05) is 61.5 Å². The molecule has 2 atom stereocenters. The zero-order chi connectivity index (χ0) is 15.6. The van der Waals surface area contributed by atoms with E-state index in [0.29, 0.717) is 0 Å². The fourth-order valence-corrected chi connectivity index (χ4v) is 3.28. The van der Waals surface area contributed by atoms with Crippen LogP contribution in [0.1, 0.15) is 42.1 Å². The van der Waals surface area contributed by atoms with Gasteiger partial charge in [-0.15, -0.1) is 0 Å². The van der Waals surface area contributed by atoms with Crippen molar-refractivity contribution < 1.29 is 0 Å². The molecule has 3 aromatic rings. The molecule has 0 unspecified atom stereocenters. The predicted octanol–water partition coefficient (Wildman–Crippen LogP) is 3.99. The minimum atomic E-state index is 0.214. The Morgan fingerprint density at radius 3 is 2.57 bits per heavy atom. The van der Waals surface area contributed by atoms with Crippen molar-refractivity contribution >= 4 is 5.95 Å². The standard InChI is InChI=1S/C19H20N4/c1-2-14-8-10-15(11-9-14)17-12-18(16-6-4-3-5-7-16)23-19(22-17)20-13-21-23/h3-11,13,17-18H,2,12H2,1H3,(H,20,21,22)/t17-,18+/m0/s1. The molecule has 23 heavy (non-hydrogen) atoms. The zero-order valence-electron chi connectivity index (χ0n) is 13.2. The van der Waals surface area contributed by atoms with Crippen molar-refractivity contribution in [3.63, 3.8) is 0 Å². The second-order valence-corrected chi connectivity index (χ2v) is 5.98. The Balaban J connectivity index is 1.69. The zero-order valence-corrected chi connectivity index (χ0v) is 13.2. The summed E-state index contributed by atoms with van der Waals surface area (Å²) in [5.74, 6) is 0.842. The van der Waals surface area contributed by atoms with Gasteiger partial charge in [0, 0.05) is 0 Å². The van der Waals surface area contributed by atoms with Crippen LogP contribution in [0.25, 0.3) is 0 Å². The molecule has 1 aromatic heterocycles. The van der Waals surface area contributed by atoms with Crippen molar-refractivity contribution in [3.8, 4) is 0 Å². The van der Waals surface area contributed by atoms with Gasteiger partial charge in [-0.2, -0.15) is 10.1 Å². The van der Waals surface area contributed by atoms with Crippen LogP contribution in [0, 0.1) is 0 Å². The molecule has 0 saturated heterocycles. The summed E-state index contributed by atoms with van der Waals surface area (Å²) in [6.07, 6.45) is 3.66. The highest BCUT2D eigenvalue weighted by Crippen LogP contribution is 2.37. The van der Waals surface area contributed by atoms with Gasteiger partial charge >= 0.3 is 0 Å². The molecule has 0 aliphatic carbocycles. The number of rotatable bonds is 3. The fourth-order valence-electron chi connectivity index (χ4n) is 3.28. The Hall–Kier alpha value is -2.62. The highest BCUT2D eigenvalue weighted by Gasteiger charge is 2.29. The number of hydrogen-bond acceptors (Lipinski definition) is 3. The third-order valence-corrected chi connectivity index (χ3v) is 4.61. The van der Waals surface area contributed by atoms with Gasteiger partial charge in [0.15, 0.2) is 0 Å². The lowest BCUT2D eigenvalue weighted by Gasteiger charge is -2.31. The van der Waals surface area contributed by atoms with E-state index in [0.717, 1.165) is 18.8 Å². The first kappa shape index (κ1) is 14.0. The van der Waals surface area contributed by atoms with Crippen LogP contribution in [0.5, 0.6) is 0 Å². The van der Waals surface area contributed by atoms with Crippen LogP contribution in [0.2, 0.25) is 0 Å². The van der Waals surface area contributed by atoms with Crippen molar-refractivity contribution in [3.05, 3.63) is 77.6 Å². The Labute approximate surface area is 136 Å². The molecule has 2 aromatic carbocycles. The maximum absolute atomic E-state index is 4.41. The van der Waals surface area contributed by atoms with Gasteiger partial charge in [-0.25, -0.2) is 4.68 Å². The molecule has 4 heteroatoms. The number of anilines is 1. The Kier molecular flexibility index (Phi) is 3.58. The van der Waals surface area contributed by atoms with Crippen molar-refractivity contribution in [2.45, 2.75) is 31.8 Å². The molecule has 0 fully saturated rings. The maximum atomic E-state index is 4.41. The smallest absolute Gasteiger partial charge is 0.222 e. The Morgan fingerprint density at radius 2 is 1.83 bits per heavy atom. The monoisotopic (exact) mass is 304 g/mol. The summed E-state index contributed by atoms with van der Waals surface area (Å²) in [5.41, 5.74) is 3.95. The molecule has 4 nitrogen and oxygen atoms in total. The molecule has 0 radical (unpaired) electrons. The van der Waals surface area contributed by atoms with Crippen molar-refractivity contribution in [1.29, 1.82) is 0 Å². The van der Waals surface area contributed by atoms with Crippen molar-refractivity contribution in [2.24, 2.45) is 0 Å². The molecule has 0 bridgehead atoms. The number of nitrogens with one attached hydrogen (secondary N) is 1. The molecular weight excluding hydrogens is 284 g/mol. The second kappa shape index (κ2) is 5.88. The molecule has 2 heterocycles. The van der Waals surface area contributed by atoms with Gasteiger partial charge in [0.1, 0.15) is 6.33 Å². The van der Waals surface area contributed by atoms with Gasteiger partial charge in [0.2, 0.25) is 5.95 Å². The highest BCUT2D eigenvalue weighted by atomic mass is 15.4. The van der Waals surface area contributed by atoms with Crippen molar-refractivity contribution in [2.75, 3.05) is 5.32 Å². The van der Waals surface area contributed by atoms with Crippen LogP contribution in [0.3, 0.4) is 0 Å². The molecule has 1 N–H and O–H groups in total. The molecular formula is C19H20N4. The van der Waals surface area contributed by atoms with Crippen LogP contribution in [-0.4, -0.2) is 14.8 Å². The minimum Gasteiger partial charge on any atom is -0.348 e. The van der Waals surface area contributed by atoms with Crippen LogP contribution in [-0.2, 0) is 6.42 Å². The summed E-state index contributed by atoms with van der Waals surface area (Å²) in [5, 5.41) is 7.93. The average molecular weight is 304 g/mol. The van der Waals surface area contributed by atoms with E-state index in [-0.39, 0.29) is 12.1 Å². The molecule has 0 spiro atoms. The van der Waals surface area contributed by atoms with E-state index in [2.05, 4.69) is 70.9 Å². The number of hydrogen-bond donors (Lipinski definition) is 1. The van der Waals surface area contributed by atoms with Crippen LogP contribution in [0.15, 0.2) is 60.9 Å². The third kappa shape index (κ3) is 2.61. The largest absolute Gasteiger partial charge is 0.348 e. The van der Waals surface area contributed by atoms with E-state index in [4.69, 9.17) is 0 Å². The molecule has 4 rings (SSSR count). The van der Waals surface area contributed by atoms with Gasteiger partial charge in [-0.05, 0) is 29.5 Å². The first-order valence-corrected chi connectivity index (χ1v) is 8.15. The number of aromatic nitrogens is 3.